The summed E-state index contributed by atoms with van der Waals surface area (Å²) in [6.07, 6.45) is 2.24. The van der Waals surface area contributed by atoms with Crippen LogP contribution >= 0.6 is 11.6 Å². The number of rotatable bonds is 3. The number of amides is 1. The van der Waals surface area contributed by atoms with Gasteiger partial charge in [-0.1, -0.05) is 11.6 Å². The van der Waals surface area contributed by atoms with Crippen molar-refractivity contribution in [2.75, 3.05) is 20.1 Å². The molecule has 0 bridgehead atoms. The van der Waals surface area contributed by atoms with Crippen molar-refractivity contribution in [2.45, 2.75) is 18.9 Å². The average Bonchev–Trinajstić information content (AvgIpc) is 2.81. The number of hydrogen-bond acceptors (Lipinski definition) is 3. The molecule has 0 aromatic heterocycles. The van der Waals surface area contributed by atoms with Gasteiger partial charge >= 0.3 is 0 Å². The second-order valence-corrected chi connectivity index (χ2v) is 5.08. The molecule has 1 aliphatic heterocycles. The summed E-state index contributed by atoms with van der Waals surface area (Å²) in [5, 5.41) is 13.5. The van der Waals surface area contributed by atoms with E-state index >= 15 is 0 Å². The lowest BCUT2D eigenvalue weighted by Crippen LogP contribution is -2.38. The molecule has 0 radical (unpaired) electrons. The maximum absolute atomic E-state index is 12.2. The minimum atomic E-state index is -0.183. The summed E-state index contributed by atoms with van der Waals surface area (Å²) in [5.41, 5.74) is 0.292. The van der Waals surface area contributed by atoms with Crippen LogP contribution in [0.15, 0.2) is 18.2 Å². The second-order valence-electron chi connectivity index (χ2n) is 4.64. The quantitative estimate of drug-likeness (QED) is 0.880. The summed E-state index contributed by atoms with van der Waals surface area (Å²) in [6.45, 7) is 1.67. The van der Waals surface area contributed by atoms with E-state index in [1.807, 2.05) is 0 Å². The third-order valence-electron chi connectivity index (χ3n) is 3.19. The van der Waals surface area contributed by atoms with Crippen molar-refractivity contribution in [2.24, 2.45) is 0 Å². The zero-order chi connectivity index (χ0) is 13.1. The Bertz CT molecular complexity index is 445. The maximum atomic E-state index is 12.2. The number of nitrogens with zero attached hydrogens (tertiary/aromatic N) is 1. The lowest BCUT2D eigenvalue weighted by molar-refractivity contribution is 0.0781. The van der Waals surface area contributed by atoms with E-state index in [0.717, 1.165) is 19.4 Å². The molecule has 98 valence electrons. The van der Waals surface area contributed by atoms with Crippen molar-refractivity contribution in [3.05, 3.63) is 28.8 Å². The number of hydrogen-bond donors (Lipinski definition) is 2. The SMILES string of the molecule is CN(CC1CCCN1)C(=O)c1ccc(Cl)cc1O. The molecule has 1 unspecified atom stereocenters. The number of carbonyl (C=O) groups excluding carboxylic acids is 1. The van der Waals surface area contributed by atoms with Crippen LogP contribution in [0.4, 0.5) is 0 Å². The second kappa shape index (κ2) is 5.59. The first kappa shape index (κ1) is 13.2. The lowest BCUT2D eigenvalue weighted by atomic mass is 10.1. The number of nitrogens with one attached hydrogen (secondary N) is 1. The van der Waals surface area contributed by atoms with Crippen molar-refractivity contribution in [3.8, 4) is 5.75 Å². The van der Waals surface area contributed by atoms with Crippen LogP contribution in [0, 0.1) is 0 Å². The molecule has 1 aliphatic rings. The normalized spacial score (nSPS) is 18.9. The van der Waals surface area contributed by atoms with Gasteiger partial charge in [0.2, 0.25) is 0 Å². The lowest BCUT2D eigenvalue weighted by Gasteiger charge is -2.21. The molecule has 1 fully saturated rings. The fraction of sp³-hybridized carbons (Fsp3) is 0.462. The molecule has 1 atom stereocenters. The van der Waals surface area contributed by atoms with Crippen molar-refractivity contribution >= 4 is 17.5 Å². The molecule has 2 rings (SSSR count). The van der Waals surface area contributed by atoms with E-state index in [0.29, 0.717) is 23.2 Å². The molecule has 0 aliphatic carbocycles. The van der Waals surface area contributed by atoms with Gasteiger partial charge in [0.15, 0.2) is 0 Å². The number of benzene rings is 1. The summed E-state index contributed by atoms with van der Waals surface area (Å²) in [4.78, 5) is 13.8. The number of aromatic hydroxyl groups is 1. The first-order valence-electron chi connectivity index (χ1n) is 6.05. The van der Waals surface area contributed by atoms with E-state index < -0.39 is 0 Å². The topological polar surface area (TPSA) is 52.6 Å². The molecular weight excluding hydrogens is 252 g/mol. The van der Waals surface area contributed by atoms with Gasteiger partial charge in [0.25, 0.3) is 5.91 Å². The fourth-order valence-electron chi connectivity index (χ4n) is 2.22. The molecular formula is C13H17ClN2O2. The van der Waals surface area contributed by atoms with Crippen LogP contribution in [0.2, 0.25) is 5.02 Å². The first-order valence-corrected chi connectivity index (χ1v) is 6.43. The summed E-state index contributed by atoms with van der Waals surface area (Å²) < 4.78 is 0. The highest BCUT2D eigenvalue weighted by molar-refractivity contribution is 6.30. The summed E-state index contributed by atoms with van der Waals surface area (Å²) in [6, 6.07) is 4.90. The molecule has 1 aromatic carbocycles. The molecule has 0 spiro atoms. The minimum Gasteiger partial charge on any atom is -0.507 e. The standard InChI is InChI=1S/C13H17ClN2O2/c1-16(8-10-3-2-6-15-10)13(18)11-5-4-9(14)7-12(11)17/h4-5,7,10,15,17H,2-3,6,8H2,1H3. The molecule has 1 aromatic rings. The first-order chi connectivity index (χ1) is 8.58. The Labute approximate surface area is 112 Å². The Morgan fingerprint density at radius 1 is 1.61 bits per heavy atom. The summed E-state index contributed by atoms with van der Waals surface area (Å²) in [7, 11) is 1.75. The zero-order valence-corrected chi connectivity index (χ0v) is 11.1. The van der Waals surface area contributed by atoms with Crippen LogP contribution in [0.5, 0.6) is 5.75 Å². The van der Waals surface area contributed by atoms with Gasteiger partial charge in [-0.25, -0.2) is 0 Å². The largest absolute Gasteiger partial charge is 0.507 e. The predicted octanol–water partition coefficient (Wildman–Crippen LogP) is 1.87. The van der Waals surface area contributed by atoms with Gasteiger partial charge in [0, 0.05) is 24.7 Å². The molecule has 1 saturated heterocycles. The van der Waals surface area contributed by atoms with E-state index in [4.69, 9.17) is 11.6 Å². The number of halogens is 1. The van der Waals surface area contributed by atoms with Crippen molar-refractivity contribution in [3.63, 3.8) is 0 Å². The van der Waals surface area contributed by atoms with Crippen LogP contribution in [0.3, 0.4) is 0 Å². The van der Waals surface area contributed by atoms with E-state index in [-0.39, 0.29) is 11.7 Å². The van der Waals surface area contributed by atoms with Crippen LogP contribution < -0.4 is 5.32 Å². The zero-order valence-electron chi connectivity index (χ0n) is 10.3. The molecule has 1 heterocycles. The summed E-state index contributed by atoms with van der Waals surface area (Å²) >= 11 is 5.74. The smallest absolute Gasteiger partial charge is 0.257 e. The Morgan fingerprint density at radius 2 is 2.39 bits per heavy atom. The monoisotopic (exact) mass is 268 g/mol. The van der Waals surface area contributed by atoms with Gasteiger partial charge in [-0.05, 0) is 37.6 Å². The molecule has 5 heteroatoms. The molecule has 1 amide bonds. The van der Waals surface area contributed by atoms with Crippen LogP contribution in [-0.4, -0.2) is 42.1 Å². The van der Waals surface area contributed by atoms with Gasteiger partial charge in [-0.2, -0.15) is 0 Å². The molecule has 18 heavy (non-hydrogen) atoms. The Balaban J connectivity index is 2.05. The highest BCUT2D eigenvalue weighted by Crippen LogP contribution is 2.23. The van der Waals surface area contributed by atoms with Crippen LogP contribution in [-0.2, 0) is 0 Å². The van der Waals surface area contributed by atoms with Crippen molar-refractivity contribution in [1.29, 1.82) is 0 Å². The molecule has 4 nitrogen and oxygen atoms in total. The van der Waals surface area contributed by atoms with Gasteiger partial charge in [-0.15, -0.1) is 0 Å². The van der Waals surface area contributed by atoms with Gasteiger partial charge < -0.3 is 15.3 Å². The van der Waals surface area contributed by atoms with Crippen molar-refractivity contribution < 1.29 is 9.90 Å². The molecule has 0 saturated carbocycles. The predicted molar refractivity (Wildman–Crippen MR) is 71.1 cm³/mol. The van der Waals surface area contributed by atoms with Gasteiger partial charge in [0.1, 0.15) is 5.75 Å². The van der Waals surface area contributed by atoms with Crippen LogP contribution in [0.25, 0.3) is 0 Å². The van der Waals surface area contributed by atoms with Gasteiger partial charge in [0.05, 0.1) is 5.56 Å². The third-order valence-corrected chi connectivity index (χ3v) is 3.43. The van der Waals surface area contributed by atoms with Crippen LogP contribution in [0.1, 0.15) is 23.2 Å². The van der Waals surface area contributed by atoms with E-state index in [2.05, 4.69) is 5.32 Å². The maximum Gasteiger partial charge on any atom is 0.257 e. The number of likely N-dealkylation sites (N-methyl/N-ethyl adjacent to an activating group) is 1. The minimum absolute atomic E-state index is 0.0706. The van der Waals surface area contributed by atoms with Crippen molar-refractivity contribution in [1.82, 2.24) is 10.2 Å². The van der Waals surface area contributed by atoms with E-state index in [1.165, 1.54) is 6.07 Å². The number of phenols is 1. The van der Waals surface area contributed by atoms with E-state index in [1.54, 1.807) is 24.1 Å². The highest BCUT2D eigenvalue weighted by Gasteiger charge is 2.21. The highest BCUT2D eigenvalue weighted by atomic mass is 35.5. The Hall–Kier alpha value is -1.26. The number of carbonyl (C=O) groups is 1. The Morgan fingerprint density at radius 3 is 3.00 bits per heavy atom. The Kier molecular flexibility index (Phi) is 4.09. The third kappa shape index (κ3) is 2.94. The fourth-order valence-corrected chi connectivity index (χ4v) is 2.38. The average molecular weight is 269 g/mol. The number of phenolic OH excluding ortho intramolecular Hbond substituents is 1. The molecule has 2 N–H and O–H groups in total. The van der Waals surface area contributed by atoms with Gasteiger partial charge in [-0.3, -0.25) is 4.79 Å². The summed E-state index contributed by atoms with van der Waals surface area (Å²) in [5.74, 6) is -0.253. The van der Waals surface area contributed by atoms with E-state index in [9.17, 15) is 9.90 Å².